The second kappa shape index (κ2) is 9.20. The standard InChI is InChI=1S/C22H25NO3/c24-16-18-9-11-20(12-10-18)26-14-6-2-1-5-13-23-15-19(17-25)21-7-3-4-8-22(21)23/h3-4,7-12,15,17,24H,1-2,5-6,13-14,16H2. The molecule has 1 heterocycles. The average molecular weight is 351 g/mol. The van der Waals surface area contributed by atoms with E-state index in [-0.39, 0.29) is 6.61 Å². The number of para-hydroxylation sites is 1. The molecule has 136 valence electrons. The predicted molar refractivity (Wildman–Crippen MR) is 104 cm³/mol. The fourth-order valence-corrected chi connectivity index (χ4v) is 3.17. The van der Waals surface area contributed by atoms with E-state index in [1.165, 1.54) is 0 Å². The number of hydrogen-bond donors (Lipinski definition) is 1. The van der Waals surface area contributed by atoms with E-state index in [1.54, 1.807) is 0 Å². The van der Waals surface area contributed by atoms with Crippen LogP contribution in [0.2, 0.25) is 0 Å². The molecule has 0 atom stereocenters. The van der Waals surface area contributed by atoms with Crippen LogP contribution in [-0.2, 0) is 13.2 Å². The number of aliphatic hydroxyl groups is 1. The molecule has 4 heteroatoms. The van der Waals surface area contributed by atoms with Gasteiger partial charge in [0.25, 0.3) is 0 Å². The van der Waals surface area contributed by atoms with Crippen LogP contribution in [0.4, 0.5) is 0 Å². The summed E-state index contributed by atoms with van der Waals surface area (Å²) < 4.78 is 7.90. The number of carbonyl (C=O) groups is 1. The van der Waals surface area contributed by atoms with E-state index in [4.69, 9.17) is 9.84 Å². The van der Waals surface area contributed by atoms with Crippen molar-refractivity contribution >= 4 is 17.2 Å². The van der Waals surface area contributed by atoms with Gasteiger partial charge in [-0.25, -0.2) is 0 Å². The number of rotatable bonds is 10. The summed E-state index contributed by atoms with van der Waals surface area (Å²) in [4.78, 5) is 11.2. The van der Waals surface area contributed by atoms with Crippen molar-refractivity contribution < 1.29 is 14.6 Å². The van der Waals surface area contributed by atoms with Gasteiger partial charge in [0.05, 0.1) is 13.2 Å². The second-order valence-electron chi connectivity index (χ2n) is 6.48. The number of nitrogens with zero attached hydrogens (tertiary/aromatic N) is 1. The summed E-state index contributed by atoms with van der Waals surface area (Å²) in [6.45, 7) is 1.70. The summed E-state index contributed by atoms with van der Waals surface area (Å²) in [6.07, 6.45) is 7.25. The van der Waals surface area contributed by atoms with E-state index in [1.807, 2.05) is 48.7 Å². The van der Waals surface area contributed by atoms with Crippen LogP contribution in [0.5, 0.6) is 5.75 Å². The highest BCUT2D eigenvalue weighted by atomic mass is 16.5. The van der Waals surface area contributed by atoms with Crippen molar-refractivity contribution in [1.82, 2.24) is 4.57 Å². The summed E-state index contributed by atoms with van der Waals surface area (Å²) in [6, 6.07) is 15.6. The van der Waals surface area contributed by atoms with E-state index in [9.17, 15) is 4.79 Å². The number of fused-ring (bicyclic) bond motifs is 1. The quantitative estimate of drug-likeness (QED) is 0.429. The summed E-state index contributed by atoms with van der Waals surface area (Å²) >= 11 is 0. The van der Waals surface area contributed by atoms with Gasteiger partial charge < -0.3 is 14.4 Å². The van der Waals surface area contributed by atoms with Gasteiger partial charge in [0.1, 0.15) is 5.75 Å². The Bertz CT molecular complexity index is 836. The van der Waals surface area contributed by atoms with E-state index in [0.29, 0.717) is 6.61 Å². The molecule has 1 N–H and O–H groups in total. The third-order valence-electron chi connectivity index (χ3n) is 4.61. The number of aldehydes is 1. The maximum atomic E-state index is 11.2. The second-order valence-corrected chi connectivity index (χ2v) is 6.48. The Morgan fingerprint density at radius 1 is 0.962 bits per heavy atom. The smallest absolute Gasteiger partial charge is 0.152 e. The SMILES string of the molecule is O=Cc1cn(CCCCCCOc2ccc(CO)cc2)c2ccccc12. The molecule has 0 saturated heterocycles. The maximum absolute atomic E-state index is 11.2. The first kappa shape index (κ1) is 18.2. The Labute approximate surface area is 154 Å². The summed E-state index contributed by atoms with van der Waals surface area (Å²) in [5.41, 5.74) is 2.79. The molecule has 1 aromatic heterocycles. The van der Waals surface area contributed by atoms with Crippen molar-refractivity contribution in [2.24, 2.45) is 0 Å². The third-order valence-corrected chi connectivity index (χ3v) is 4.61. The van der Waals surface area contributed by atoms with Crippen molar-refractivity contribution in [2.45, 2.75) is 38.8 Å². The van der Waals surface area contributed by atoms with Crippen LogP contribution < -0.4 is 4.74 Å². The zero-order valence-electron chi connectivity index (χ0n) is 14.9. The molecule has 0 aliphatic heterocycles. The molecule has 26 heavy (non-hydrogen) atoms. The zero-order valence-corrected chi connectivity index (χ0v) is 14.9. The number of ether oxygens (including phenoxy) is 1. The van der Waals surface area contributed by atoms with Crippen LogP contribution in [0.15, 0.2) is 54.7 Å². The monoisotopic (exact) mass is 351 g/mol. The van der Waals surface area contributed by atoms with Crippen molar-refractivity contribution in [1.29, 1.82) is 0 Å². The fraction of sp³-hybridized carbons (Fsp3) is 0.318. The lowest BCUT2D eigenvalue weighted by molar-refractivity contribution is 0.112. The van der Waals surface area contributed by atoms with Gasteiger partial charge in [0.2, 0.25) is 0 Å². The Hall–Kier alpha value is -2.59. The normalized spacial score (nSPS) is 11.0. The van der Waals surface area contributed by atoms with Gasteiger partial charge in [-0.05, 0) is 36.6 Å². The lowest BCUT2D eigenvalue weighted by Crippen LogP contribution is -1.99. The largest absolute Gasteiger partial charge is 0.494 e. The van der Waals surface area contributed by atoms with Gasteiger partial charge in [-0.3, -0.25) is 4.79 Å². The van der Waals surface area contributed by atoms with Gasteiger partial charge in [-0.2, -0.15) is 0 Å². The Morgan fingerprint density at radius 3 is 2.50 bits per heavy atom. The van der Waals surface area contributed by atoms with Crippen LogP contribution in [0, 0.1) is 0 Å². The molecular weight excluding hydrogens is 326 g/mol. The average Bonchev–Trinajstić information content (AvgIpc) is 3.06. The van der Waals surface area contributed by atoms with Crippen LogP contribution in [0.3, 0.4) is 0 Å². The van der Waals surface area contributed by atoms with E-state index in [0.717, 1.165) is 66.3 Å². The summed E-state index contributed by atoms with van der Waals surface area (Å²) in [7, 11) is 0. The highest BCUT2D eigenvalue weighted by molar-refractivity contribution is 5.97. The van der Waals surface area contributed by atoms with Crippen LogP contribution >= 0.6 is 0 Å². The molecule has 0 amide bonds. The molecule has 0 fully saturated rings. The molecular formula is C22H25NO3. The van der Waals surface area contributed by atoms with Gasteiger partial charge >= 0.3 is 0 Å². The Kier molecular flexibility index (Phi) is 6.45. The highest BCUT2D eigenvalue weighted by Gasteiger charge is 2.06. The van der Waals surface area contributed by atoms with Crippen molar-refractivity contribution in [2.75, 3.05) is 6.61 Å². The van der Waals surface area contributed by atoms with Crippen LogP contribution in [0.1, 0.15) is 41.6 Å². The molecule has 0 unspecified atom stereocenters. The van der Waals surface area contributed by atoms with Crippen LogP contribution in [-0.4, -0.2) is 22.6 Å². The zero-order chi connectivity index (χ0) is 18.2. The number of unbranched alkanes of at least 4 members (excludes halogenated alkanes) is 3. The molecule has 0 aliphatic rings. The van der Waals surface area contributed by atoms with E-state index >= 15 is 0 Å². The number of carbonyl (C=O) groups excluding carboxylic acids is 1. The highest BCUT2D eigenvalue weighted by Crippen LogP contribution is 2.20. The van der Waals surface area contributed by atoms with Gasteiger partial charge in [0.15, 0.2) is 6.29 Å². The minimum atomic E-state index is 0.0608. The minimum absolute atomic E-state index is 0.0608. The predicted octanol–water partition coefficient (Wildman–Crippen LogP) is 4.59. The Balaban J connectivity index is 1.37. The molecule has 0 bridgehead atoms. The molecule has 0 radical (unpaired) electrons. The minimum Gasteiger partial charge on any atom is -0.494 e. The lowest BCUT2D eigenvalue weighted by Gasteiger charge is -2.07. The number of aromatic nitrogens is 1. The van der Waals surface area contributed by atoms with Crippen molar-refractivity contribution in [3.8, 4) is 5.75 Å². The first-order valence-electron chi connectivity index (χ1n) is 9.17. The fourth-order valence-electron chi connectivity index (χ4n) is 3.17. The van der Waals surface area contributed by atoms with Crippen LogP contribution in [0.25, 0.3) is 10.9 Å². The molecule has 2 aromatic carbocycles. The van der Waals surface area contributed by atoms with E-state index in [2.05, 4.69) is 10.6 Å². The topological polar surface area (TPSA) is 51.5 Å². The Morgan fingerprint density at radius 2 is 1.73 bits per heavy atom. The number of hydrogen-bond acceptors (Lipinski definition) is 3. The number of benzene rings is 2. The first-order valence-corrected chi connectivity index (χ1v) is 9.17. The van der Waals surface area contributed by atoms with Gasteiger partial charge in [-0.1, -0.05) is 43.2 Å². The first-order chi connectivity index (χ1) is 12.8. The number of aryl methyl sites for hydroxylation is 1. The molecule has 0 saturated carbocycles. The third kappa shape index (κ3) is 4.52. The molecule has 3 rings (SSSR count). The van der Waals surface area contributed by atoms with Gasteiger partial charge in [-0.15, -0.1) is 0 Å². The van der Waals surface area contributed by atoms with Crippen molar-refractivity contribution in [3.05, 3.63) is 65.9 Å². The molecule has 3 aromatic rings. The maximum Gasteiger partial charge on any atom is 0.152 e. The van der Waals surface area contributed by atoms with Crippen molar-refractivity contribution in [3.63, 3.8) is 0 Å². The lowest BCUT2D eigenvalue weighted by atomic mass is 10.2. The summed E-state index contributed by atoms with van der Waals surface area (Å²) in [5.74, 6) is 0.849. The van der Waals surface area contributed by atoms with E-state index < -0.39 is 0 Å². The molecule has 0 spiro atoms. The van der Waals surface area contributed by atoms with Gasteiger partial charge in [0, 0.05) is 29.2 Å². The molecule has 0 aliphatic carbocycles. The molecule has 4 nitrogen and oxygen atoms in total. The summed E-state index contributed by atoms with van der Waals surface area (Å²) in [5, 5.41) is 10.1. The number of aliphatic hydroxyl groups excluding tert-OH is 1.